The molecule has 0 radical (unpaired) electrons. The molecule has 9 heteroatoms. The fourth-order valence-corrected chi connectivity index (χ4v) is 3.78. The Balaban J connectivity index is 1.69. The number of ether oxygens (including phenoxy) is 2. The molecule has 0 amide bonds. The van der Waals surface area contributed by atoms with Gasteiger partial charge in [-0.2, -0.15) is 5.10 Å². The van der Waals surface area contributed by atoms with E-state index in [1.54, 1.807) is 17.8 Å². The molecule has 1 aliphatic rings. The van der Waals surface area contributed by atoms with Gasteiger partial charge in [0.25, 0.3) is 5.69 Å². The Morgan fingerprint density at radius 3 is 2.71 bits per heavy atom. The third kappa shape index (κ3) is 3.44. The second-order valence-electron chi connectivity index (χ2n) is 6.11. The van der Waals surface area contributed by atoms with Crippen molar-refractivity contribution in [2.75, 3.05) is 6.79 Å². The molecule has 2 heterocycles. The van der Waals surface area contributed by atoms with Crippen molar-refractivity contribution >= 4 is 29.4 Å². The maximum absolute atomic E-state index is 11.4. The van der Waals surface area contributed by atoms with Crippen LogP contribution in [0.2, 0.25) is 0 Å². The average Bonchev–Trinajstić information content (AvgIpc) is 3.27. The van der Waals surface area contributed by atoms with E-state index in [-0.39, 0.29) is 12.5 Å². The summed E-state index contributed by atoms with van der Waals surface area (Å²) in [6.07, 6.45) is 1.48. The molecule has 3 aromatic rings. The lowest BCUT2D eigenvalue weighted by molar-refractivity contribution is -0.385. The SMILES string of the molecule is Cc1n[nH]c(C)c1Sc1ccccc1N=Cc1cc2c(cc1[N+](=O)[O-])OCO2. The van der Waals surface area contributed by atoms with Crippen molar-refractivity contribution in [3.63, 3.8) is 0 Å². The van der Waals surface area contributed by atoms with Gasteiger partial charge in [0.05, 0.1) is 32.8 Å². The van der Waals surface area contributed by atoms with Crippen molar-refractivity contribution in [1.29, 1.82) is 0 Å². The lowest BCUT2D eigenvalue weighted by Crippen LogP contribution is -1.95. The summed E-state index contributed by atoms with van der Waals surface area (Å²) in [5.41, 5.74) is 2.87. The molecule has 0 saturated carbocycles. The Morgan fingerprint density at radius 2 is 2.00 bits per heavy atom. The Morgan fingerprint density at radius 1 is 1.25 bits per heavy atom. The van der Waals surface area contributed by atoms with E-state index in [1.165, 1.54) is 12.3 Å². The van der Waals surface area contributed by atoms with Gasteiger partial charge >= 0.3 is 0 Å². The van der Waals surface area contributed by atoms with E-state index in [0.29, 0.717) is 22.7 Å². The minimum Gasteiger partial charge on any atom is -0.454 e. The van der Waals surface area contributed by atoms with Crippen LogP contribution in [0.1, 0.15) is 17.0 Å². The van der Waals surface area contributed by atoms with Gasteiger partial charge in [-0.05, 0) is 32.0 Å². The van der Waals surface area contributed by atoms with E-state index < -0.39 is 4.92 Å². The molecular weight excluding hydrogens is 380 g/mol. The average molecular weight is 396 g/mol. The Hall–Kier alpha value is -3.33. The van der Waals surface area contributed by atoms with E-state index in [9.17, 15) is 10.1 Å². The maximum atomic E-state index is 11.4. The van der Waals surface area contributed by atoms with Crippen LogP contribution in [-0.4, -0.2) is 28.1 Å². The van der Waals surface area contributed by atoms with Crippen LogP contribution in [0.3, 0.4) is 0 Å². The number of nitro benzene ring substituents is 1. The summed E-state index contributed by atoms with van der Waals surface area (Å²) in [6, 6.07) is 10.6. The van der Waals surface area contributed by atoms with Gasteiger partial charge in [0.1, 0.15) is 0 Å². The highest BCUT2D eigenvalue weighted by molar-refractivity contribution is 7.99. The molecule has 0 spiro atoms. The van der Waals surface area contributed by atoms with Crippen LogP contribution in [0.15, 0.2) is 51.2 Å². The second-order valence-corrected chi connectivity index (χ2v) is 7.16. The molecule has 0 aliphatic carbocycles. The van der Waals surface area contributed by atoms with Gasteiger partial charge in [0.15, 0.2) is 11.5 Å². The molecule has 0 fully saturated rings. The number of aliphatic imine (C=N–C) groups is 1. The molecular formula is C19H16N4O4S. The van der Waals surface area contributed by atoms with Crippen molar-refractivity contribution in [2.24, 2.45) is 4.99 Å². The zero-order valence-electron chi connectivity index (χ0n) is 15.1. The second kappa shape index (κ2) is 7.35. The number of aromatic amines is 1. The maximum Gasteiger partial charge on any atom is 0.282 e. The lowest BCUT2D eigenvalue weighted by atomic mass is 10.1. The summed E-state index contributed by atoms with van der Waals surface area (Å²) in [7, 11) is 0. The highest BCUT2D eigenvalue weighted by atomic mass is 32.2. The van der Waals surface area contributed by atoms with Gasteiger partial charge in [0, 0.05) is 16.8 Å². The number of para-hydroxylation sites is 1. The standard InChI is InChI=1S/C19H16N4O4S/c1-11-19(12(2)22-21-11)28-18-6-4-3-5-14(18)20-9-13-7-16-17(27-10-26-16)8-15(13)23(24)25/h3-9H,10H2,1-2H3,(H,21,22). The van der Waals surface area contributed by atoms with Gasteiger partial charge in [-0.3, -0.25) is 20.2 Å². The number of rotatable bonds is 5. The number of nitro groups is 1. The normalized spacial score (nSPS) is 12.6. The summed E-state index contributed by atoms with van der Waals surface area (Å²) in [5, 5.41) is 18.6. The number of aryl methyl sites for hydroxylation is 2. The van der Waals surface area contributed by atoms with Crippen molar-refractivity contribution in [2.45, 2.75) is 23.6 Å². The summed E-state index contributed by atoms with van der Waals surface area (Å²) < 4.78 is 10.5. The van der Waals surface area contributed by atoms with Crippen LogP contribution in [-0.2, 0) is 0 Å². The van der Waals surface area contributed by atoms with E-state index in [4.69, 9.17) is 9.47 Å². The topological polar surface area (TPSA) is 103 Å². The van der Waals surface area contributed by atoms with Crippen LogP contribution in [0, 0.1) is 24.0 Å². The number of H-pyrrole nitrogens is 1. The van der Waals surface area contributed by atoms with Crippen molar-refractivity contribution in [1.82, 2.24) is 10.2 Å². The quantitative estimate of drug-likeness (QED) is 0.385. The van der Waals surface area contributed by atoms with Gasteiger partial charge in [-0.15, -0.1) is 0 Å². The predicted octanol–water partition coefficient (Wildman–Crippen LogP) is 4.57. The van der Waals surface area contributed by atoms with Crippen LogP contribution in [0.25, 0.3) is 0 Å². The fourth-order valence-electron chi connectivity index (χ4n) is 2.80. The largest absolute Gasteiger partial charge is 0.454 e. The smallest absolute Gasteiger partial charge is 0.282 e. The van der Waals surface area contributed by atoms with E-state index in [1.807, 2.05) is 38.1 Å². The number of hydrogen-bond donors (Lipinski definition) is 1. The van der Waals surface area contributed by atoms with Crippen LogP contribution < -0.4 is 9.47 Å². The van der Waals surface area contributed by atoms with Gasteiger partial charge in [0.2, 0.25) is 6.79 Å². The molecule has 2 aromatic carbocycles. The number of benzene rings is 2. The minimum absolute atomic E-state index is 0.0515. The molecule has 1 aliphatic heterocycles. The molecule has 0 atom stereocenters. The fraction of sp³-hybridized carbons (Fsp3) is 0.158. The summed E-state index contributed by atoms with van der Waals surface area (Å²) in [4.78, 5) is 17.4. The third-order valence-corrected chi connectivity index (χ3v) is 5.57. The van der Waals surface area contributed by atoms with Crippen LogP contribution in [0.5, 0.6) is 11.5 Å². The Labute approximate surface area is 164 Å². The number of nitrogens with zero attached hydrogens (tertiary/aromatic N) is 3. The summed E-state index contributed by atoms with van der Waals surface area (Å²) in [6.45, 7) is 3.95. The van der Waals surface area contributed by atoms with Gasteiger partial charge < -0.3 is 9.47 Å². The van der Waals surface area contributed by atoms with E-state index >= 15 is 0 Å². The van der Waals surface area contributed by atoms with E-state index in [0.717, 1.165) is 21.2 Å². The lowest BCUT2D eigenvalue weighted by Gasteiger charge is -2.06. The highest BCUT2D eigenvalue weighted by Gasteiger charge is 2.22. The summed E-state index contributed by atoms with van der Waals surface area (Å²) in [5.74, 6) is 0.838. The Bertz CT molecular complexity index is 1070. The molecule has 1 aromatic heterocycles. The first-order chi connectivity index (χ1) is 13.5. The highest BCUT2D eigenvalue weighted by Crippen LogP contribution is 2.39. The number of nitrogens with one attached hydrogen (secondary N) is 1. The molecule has 8 nitrogen and oxygen atoms in total. The molecule has 0 unspecified atom stereocenters. The van der Waals surface area contributed by atoms with Gasteiger partial charge in [-0.25, -0.2) is 0 Å². The van der Waals surface area contributed by atoms with Crippen molar-refractivity contribution < 1.29 is 14.4 Å². The first kappa shape index (κ1) is 18.1. The number of hydrogen-bond acceptors (Lipinski definition) is 7. The third-order valence-electron chi connectivity index (χ3n) is 4.20. The zero-order chi connectivity index (χ0) is 19.7. The monoisotopic (exact) mass is 396 g/mol. The molecule has 0 bridgehead atoms. The molecule has 0 saturated heterocycles. The Kier molecular flexibility index (Phi) is 4.74. The zero-order valence-corrected chi connectivity index (χ0v) is 15.9. The first-order valence-corrected chi connectivity index (χ1v) is 9.25. The van der Waals surface area contributed by atoms with Crippen molar-refractivity contribution in [3.8, 4) is 11.5 Å². The van der Waals surface area contributed by atoms with Crippen LogP contribution in [0.4, 0.5) is 11.4 Å². The van der Waals surface area contributed by atoms with Crippen molar-refractivity contribution in [3.05, 3.63) is 63.5 Å². The first-order valence-electron chi connectivity index (χ1n) is 8.43. The summed E-state index contributed by atoms with van der Waals surface area (Å²) >= 11 is 1.55. The molecule has 28 heavy (non-hydrogen) atoms. The molecule has 142 valence electrons. The number of fused-ring (bicyclic) bond motifs is 1. The van der Waals surface area contributed by atoms with Crippen LogP contribution >= 0.6 is 11.8 Å². The van der Waals surface area contributed by atoms with Gasteiger partial charge in [-0.1, -0.05) is 23.9 Å². The van der Waals surface area contributed by atoms with E-state index in [2.05, 4.69) is 15.2 Å². The molecule has 4 rings (SSSR count). The number of aromatic nitrogens is 2. The predicted molar refractivity (Wildman–Crippen MR) is 105 cm³/mol. The molecule has 1 N–H and O–H groups in total. The minimum atomic E-state index is -0.456.